The van der Waals surface area contributed by atoms with Crippen LogP contribution in [0.25, 0.3) is 28.5 Å². The molecule has 25 heavy (non-hydrogen) atoms. The number of hydrogen-bond acceptors (Lipinski definition) is 3. The maximum atomic E-state index is 4.66. The van der Waals surface area contributed by atoms with Crippen LogP contribution in [0.3, 0.4) is 0 Å². The van der Waals surface area contributed by atoms with E-state index in [1.165, 1.54) is 11.4 Å². The van der Waals surface area contributed by atoms with Crippen molar-refractivity contribution in [2.45, 2.75) is 13.8 Å². The van der Waals surface area contributed by atoms with Crippen molar-refractivity contribution in [2.75, 3.05) is 0 Å². The van der Waals surface area contributed by atoms with Crippen LogP contribution in [-0.4, -0.2) is 19.5 Å². The topological polar surface area (TPSA) is 43.6 Å². The minimum Gasteiger partial charge on any atom is -0.319 e. The summed E-state index contributed by atoms with van der Waals surface area (Å²) in [7, 11) is 0. The minimum atomic E-state index is 0.638. The molecule has 0 saturated heterocycles. The molecule has 0 atom stereocenters. The van der Waals surface area contributed by atoms with E-state index < -0.39 is 0 Å². The molecule has 3 heterocycles. The van der Waals surface area contributed by atoms with Crippen molar-refractivity contribution in [3.05, 3.63) is 84.4 Å². The van der Waals surface area contributed by atoms with E-state index in [1.807, 2.05) is 24.3 Å². The highest BCUT2D eigenvalue weighted by Gasteiger charge is 2.07. The van der Waals surface area contributed by atoms with Gasteiger partial charge in [-0.3, -0.25) is 4.98 Å². The lowest BCUT2D eigenvalue weighted by atomic mass is 10.1. The van der Waals surface area contributed by atoms with Gasteiger partial charge in [0, 0.05) is 35.0 Å². The Bertz CT molecular complexity index is 982. The van der Waals surface area contributed by atoms with Gasteiger partial charge in [-0.25, -0.2) is 9.97 Å². The number of rotatable bonds is 3. The summed E-state index contributed by atoms with van der Waals surface area (Å²) in [6.07, 6.45) is 3.53. The van der Waals surface area contributed by atoms with Crippen LogP contribution in [0.1, 0.15) is 11.4 Å². The summed E-state index contributed by atoms with van der Waals surface area (Å²) in [6, 6.07) is 20.4. The quantitative estimate of drug-likeness (QED) is 0.552. The Balaban J connectivity index is 1.69. The van der Waals surface area contributed by atoms with E-state index in [4.69, 9.17) is 0 Å². The van der Waals surface area contributed by atoms with Gasteiger partial charge in [-0.1, -0.05) is 18.2 Å². The first-order valence-corrected chi connectivity index (χ1v) is 8.22. The average Bonchev–Trinajstić information content (AvgIpc) is 3.01. The number of aromatic nitrogens is 4. The summed E-state index contributed by atoms with van der Waals surface area (Å²) in [6.45, 7) is 4.23. The van der Waals surface area contributed by atoms with Gasteiger partial charge in [0.15, 0.2) is 5.82 Å². The zero-order valence-corrected chi connectivity index (χ0v) is 14.2. The molecule has 0 unspecified atom stereocenters. The normalized spacial score (nSPS) is 10.8. The van der Waals surface area contributed by atoms with Gasteiger partial charge in [0.1, 0.15) is 5.69 Å². The van der Waals surface area contributed by atoms with Gasteiger partial charge in [0.05, 0.1) is 5.69 Å². The van der Waals surface area contributed by atoms with E-state index in [0.29, 0.717) is 5.82 Å². The van der Waals surface area contributed by atoms with Crippen molar-refractivity contribution in [2.24, 2.45) is 0 Å². The predicted molar refractivity (Wildman–Crippen MR) is 99.5 cm³/mol. The summed E-state index contributed by atoms with van der Waals surface area (Å²) in [5, 5.41) is 0. The molecule has 0 spiro atoms. The van der Waals surface area contributed by atoms with Crippen LogP contribution in [0.2, 0.25) is 0 Å². The molecule has 3 aromatic heterocycles. The SMILES string of the molecule is Cc1ccc(C)n1-c1ccc(-c2ccnc(-c3ccccn3)n2)cc1. The molecule has 0 fully saturated rings. The molecule has 4 nitrogen and oxygen atoms in total. The first-order valence-electron chi connectivity index (χ1n) is 8.22. The molecule has 1 aromatic carbocycles. The molecule has 4 rings (SSSR count). The van der Waals surface area contributed by atoms with E-state index in [-0.39, 0.29) is 0 Å². The molecule has 0 N–H and O–H groups in total. The number of aryl methyl sites for hydroxylation is 2. The second kappa shape index (κ2) is 6.32. The standard InChI is InChI=1S/C21H18N4/c1-15-6-7-16(2)25(15)18-10-8-17(9-11-18)19-12-14-23-21(24-19)20-5-3-4-13-22-20/h3-14H,1-2H3. The van der Waals surface area contributed by atoms with Crippen LogP contribution in [0.4, 0.5) is 0 Å². The van der Waals surface area contributed by atoms with Crippen LogP contribution in [0.15, 0.2) is 73.1 Å². The molecule has 4 heteroatoms. The van der Waals surface area contributed by atoms with Gasteiger partial charge in [-0.05, 0) is 56.3 Å². The van der Waals surface area contributed by atoms with Crippen molar-refractivity contribution in [3.63, 3.8) is 0 Å². The Morgan fingerprint density at radius 2 is 1.44 bits per heavy atom. The fourth-order valence-electron chi connectivity index (χ4n) is 2.99. The highest BCUT2D eigenvalue weighted by molar-refractivity contribution is 5.63. The average molecular weight is 326 g/mol. The van der Waals surface area contributed by atoms with Crippen LogP contribution in [0.5, 0.6) is 0 Å². The van der Waals surface area contributed by atoms with Crippen molar-refractivity contribution < 1.29 is 0 Å². The summed E-state index contributed by atoms with van der Waals surface area (Å²) in [5.74, 6) is 0.638. The van der Waals surface area contributed by atoms with Crippen LogP contribution in [0, 0.1) is 13.8 Å². The van der Waals surface area contributed by atoms with Gasteiger partial charge < -0.3 is 4.57 Å². The van der Waals surface area contributed by atoms with Gasteiger partial charge in [-0.15, -0.1) is 0 Å². The number of pyridine rings is 1. The van der Waals surface area contributed by atoms with Crippen LogP contribution >= 0.6 is 0 Å². The Hall–Kier alpha value is -3.27. The molecular formula is C21H18N4. The molecule has 0 bridgehead atoms. The second-order valence-electron chi connectivity index (χ2n) is 5.98. The van der Waals surface area contributed by atoms with Gasteiger partial charge in [-0.2, -0.15) is 0 Å². The number of hydrogen-bond donors (Lipinski definition) is 0. The van der Waals surface area contributed by atoms with E-state index in [9.17, 15) is 0 Å². The third kappa shape index (κ3) is 2.94. The lowest BCUT2D eigenvalue weighted by Gasteiger charge is -2.10. The molecule has 0 amide bonds. The van der Waals surface area contributed by atoms with Crippen molar-refractivity contribution >= 4 is 0 Å². The molecule has 0 aliphatic carbocycles. The van der Waals surface area contributed by atoms with E-state index in [1.54, 1.807) is 12.4 Å². The minimum absolute atomic E-state index is 0.638. The third-order valence-electron chi connectivity index (χ3n) is 4.24. The lowest BCUT2D eigenvalue weighted by molar-refractivity contribution is 0.966. The Morgan fingerprint density at radius 1 is 0.680 bits per heavy atom. The highest BCUT2D eigenvalue weighted by Crippen LogP contribution is 2.23. The monoisotopic (exact) mass is 326 g/mol. The summed E-state index contributed by atoms with van der Waals surface area (Å²) >= 11 is 0. The first-order chi connectivity index (χ1) is 12.2. The molecule has 0 aliphatic heterocycles. The van der Waals surface area contributed by atoms with Crippen LogP contribution in [-0.2, 0) is 0 Å². The summed E-state index contributed by atoms with van der Waals surface area (Å²) in [5.41, 5.74) is 6.34. The zero-order valence-electron chi connectivity index (χ0n) is 14.2. The van der Waals surface area contributed by atoms with Gasteiger partial charge >= 0.3 is 0 Å². The fraction of sp³-hybridized carbons (Fsp3) is 0.0952. The molecule has 0 aliphatic rings. The Kier molecular flexibility index (Phi) is 3.86. The largest absolute Gasteiger partial charge is 0.319 e. The third-order valence-corrected chi connectivity index (χ3v) is 4.24. The Morgan fingerprint density at radius 3 is 2.12 bits per heavy atom. The fourth-order valence-corrected chi connectivity index (χ4v) is 2.99. The van der Waals surface area contributed by atoms with Gasteiger partial charge in [0.25, 0.3) is 0 Å². The van der Waals surface area contributed by atoms with Crippen LogP contribution < -0.4 is 0 Å². The Labute approximate surface area is 146 Å². The van der Waals surface area contributed by atoms with Crippen molar-refractivity contribution in [3.8, 4) is 28.5 Å². The summed E-state index contributed by atoms with van der Waals surface area (Å²) < 4.78 is 2.24. The smallest absolute Gasteiger partial charge is 0.178 e. The van der Waals surface area contributed by atoms with Crippen molar-refractivity contribution in [1.29, 1.82) is 0 Å². The number of nitrogens with zero attached hydrogens (tertiary/aromatic N) is 4. The molecule has 4 aromatic rings. The highest BCUT2D eigenvalue weighted by atomic mass is 15.0. The molecular weight excluding hydrogens is 308 g/mol. The van der Waals surface area contributed by atoms with Crippen molar-refractivity contribution in [1.82, 2.24) is 19.5 Å². The van der Waals surface area contributed by atoms with E-state index in [2.05, 4.69) is 69.8 Å². The maximum Gasteiger partial charge on any atom is 0.178 e. The van der Waals surface area contributed by atoms with Gasteiger partial charge in [0.2, 0.25) is 0 Å². The number of benzene rings is 1. The molecule has 0 radical (unpaired) electrons. The maximum absolute atomic E-state index is 4.66. The van der Waals surface area contributed by atoms with E-state index >= 15 is 0 Å². The molecule has 122 valence electrons. The first kappa shape index (κ1) is 15.3. The lowest BCUT2D eigenvalue weighted by Crippen LogP contribution is -1.98. The molecule has 0 saturated carbocycles. The summed E-state index contributed by atoms with van der Waals surface area (Å²) in [4.78, 5) is 13.3. The van der Waals surface area contributed by atoms with E-state index in [0.717, 1.165) is 22.6 Å². The second-order valence-corrected chi connectivity index (χ2v) is 5.98. The predicted octanol–water partition coefficient (Wildman–Crippen LogP) is 4.61. The zero-order chi connectivity index (χ0) is 17.2.